The van der Waals surface area contributed by atoms with Crippen molar-refractivity contribution in [2.75, 3.05) is 16.8 Å². The summed E-state index contributed by atoms with van der Waals surface area (Å²) in [7, 11) is 0. The highest BCUT2D eigenvalue weighted by molar-refractivity contribution is 5.75. The molecule has 0 aliphatic carbocycles. The van der Waals surface area contributed by atoms with Crippen LogP contribution in [-0.2, 0) is 14.4 Å². The van der Waals surface area contributed by atoms with Crippen molar-refractivity contribution in [3.63, 3.8) is 0 Å². The number of carbonyl (C=O) groups is 3. The van der Waals surface area contributed by atoms with E-state index in [1.807, 2.05) is 12.1 Å². The summed E-state index contributed by atoms with van der Waals surface area (Å²) >= 11 is 0. The molecule has 24 heteroatoms. The van der Waals surface area contributed by atoms with Crippen molar-refractivity contribution in [2.45, 2.75) is 50.4 Å². The first kappa shape index (κ1) is 42.4. The van der Waals surface area contributed by atoms with Crippen molar-refractivity contribution in [1.82, 2.24) is 24.6 Å². The van der Waals surface area contributed by atoms with Gasteiger partial charge in [-0.15, -0.1) is 0 Å². The van der Waals surface area contributed by atoms with Gasteiger partial charge >= 0.3 is 36.4 Å². The van der Waals surface area contributed by atoms with Crippen LogP contribution in [0.1, 0.15) is 19.8 Å². The van der Waals surface area contributed by atoms with Crippen molar-refractivity contribution in [2.24, 2.45) is 5.73 Å². The van der Waals surface area contributed by atoms with Crippen molar-refractivity contribution < 1.29 is 73.6 Å². The number of hydrogen-bond acceptors (Lipinski definition) is 10. The van der Waals surface area contributed by atoms with Gasteiger partial charge in [-0.2, -0.15) is 49.1 Å². The lowest BCUT2D eigenvalue weighted by molar-refractivity contribution is -0.193. The fourth-order valence-corrected chi connectivity index (χ4v) is 3.99. The number of piperidine rings is 1. The van der Waals surface area contributed by atoms with Gasteiger partial charge in [0.05, 0.1) is 29.3 Å². The third-order valence-corrected chi connectivity index (χ3v) is 6.39. The summed E-state index contributed by atoms with van der Waals surface area (Å²) < 4.78 is 111. The van der Waals surface area contributed by atoms with Gasteiger partial charge in [-0.25, -0.2) is 23.8 Å². The van der Waals surface area contributed by atoms with Crippen LogP contribution in [0.2, 0.25) is 0 Å². The average molecular weight is 761 g/mol. The number of hydrogen-bond donors (Lipinski definition) is 5. The molecule has 0 aromatic carbocycles. The molecule has 5 heterocycles. The second kappa shape index (κ2) is 17.4. The molecule has 284 valence electrons. The van der Waals surface area contributed by atoms with E-state index in [0.29, 0.717) is 17.7 Å². The van der Waals surface area contributed by atoms with E-state index in [2.05, 4.69) is 37.2 Å². The Labute approximate surface area is 284 Å². The van der Waals surface area contributed by atoms with Crippen molar-refractivity contribution in [1.29, 1.82) is 0 Å². The van der Waals surface area contributed by atoms with Crippen LogP contribution in [0.25, 0.3) is 16.9 Å². The first-order valence-electron chi connectivity index (χ1n) is 14.0. The zero-order valence-electron chi connectivity index (χ0n) is 26.1. The number of carboxylic acids is 3. The quantitative estimate of drug-likeness (QED) is 0.168. The Hall–Kier alpha value is -5.81. The molecule has 0 saturated carbocycles. The van der Waals surface area contributed by atoms with E-state index in [1.165, 1.54) is 6.07 Å². The number of aliphatic carboxylic acids is 3. The number of imidazole rings is 1. The average Bonchev–Trinajstić information content (AvgIpc) is 3.44. The van der Waals surface area contributed by atoms with Gasteiger partial charge in [0.15, 0.2) is 5.82 Å². The Morgan fingerprint density at radius 1 is 0.827 bits per heavy atom. The summed E-state index contributed by atoms with van der Waals surface area (Å²) in [6.07, 6.45) is -6.39. The van der Waals surface area contributed by atoms with Crippen molar-refractivity contribution in [3.8, 4) is 11.4 Å². The number of nitrogens with two attached hydrogens (primary N) is 1. The van der Waals surface area contributed by atoms with Crippen LogP contribution in [0, 0.1) is 5.82 Å². The predicted molar refractivity (Wildman–Crippen MR) is 159 cm³/mol. The fraction of sp³-hybridized carbons (Fsp3) is 0.321. The Balaban J connectivity index is 0.000000365. The van der Waals surface area contributed by atoms with Crippen molar-refractivity contribution >= 4 is 40.7 Å². The molecular formula is C28H26F10N8O6. The lowest BCUT2D eigenvalue weighted by atomic mass is 9.99. The van der Waals surface area contributed by atoms with Gasteiger partial charge in [-0.3, -0.25) is 9.97 Å². The van der Waals surface area contributed by atoms with Gasteiger partial charge in [0.25, 0.3) is 0 Å². The maximum absolute atomic E-state index is 14.2. The highest BCUT2D eigenvalue weighted by Gasteiger charge is 2.39. The molecule has 0 unspecified atom stereocenters. The number of rotatable bonds is 4. The maximum atomic E-state index is 14.2. The third-order valence-electron chi connectivity index (χ3n) is 6.39. The zero-order chi connectivity index (χ0) is 39.6. The molecular weight excluding hydrogens is 734 g/mol. The van der Waals surface area contributed by atoms with E-state index >= 15 is 0 Å². The Kier molecular flexibility index (Phi) is 14.2. The minimum atomic E-state index is -5.08. The molecule has 0 radical (unpaired) electrons. The van der Waals surface area contributed by atoms with Gasteiger partial charge in [-0.1, -0.05) is 0 Å². The van der Waals surface area contributed by atoms with Gasteiger partial charge in [0.1, 0.15) is 11.4 Å². The molecule has 52 heavy (non-hydrogen) atoms. The molecule has 1 aliphatic heterocycles. The summed E-state index contributed by atoms with van der Waals surface area (Å²) in [6, 6.07) is 8.99. The van der Waals surface area contributed by atoms with Crippen LogP contribution in [0.15, 0.2) is 55.1 Å². The smallest absolute Gasteiger partial charge is 0.475 e. The second-order valence-corrected chi connectivity index (χ2v) is 10.2. The molecule has 14 nitrogen and oxygen atoms in total. The molecule has 4 aromatic rings. The lowest BCUT2D eigenvalue weighted by Gasteiger charge is -2.39. The van der Waals surface area contributed by atoms with Crippen molar-refractivity contribution in [3.05, 3.63) is 60.9 Å². The summed E-state index contributed by atoms with van der Waals surface area (Å²) in [4.78, 5) is 41.9. The molecule has 0 bridgehead atoms. The highest BCUT2D eigenvalue weighted by Crippen LogP contribution is 2.32. The summed E-state index contributed by atoms with van der Waals surface area (Å²) in [6.45, 7) is 2.99. The normalized spacial score (nSPS) is 15.9. The highest BCUT2D eigenvalue weighted by atomic mass is 19.4. The van der Waals surface area contributed by atoms with Crippen LogP contribution in [0.4, 0.5) is 61.2 Å². The molecule has 1 saturated heterocycles. The van der Waals surface area contributed by atoms with E-state index in [-0.39, 0.29) is 11.7 Å². The van der Waals surface area contributed by atoms with Gasteiger partial charge in [-0.05, 0) is 50.1 Å². The van der Waals surface area contributed by atoms with E-state index in [9.17, 15) is 43.9 Å². The molecule has 6 N–H and O–H groups in total. The van der Waals surface area contributed by atoms with E-state index in [1.54, 1.807) is 41.4 Å². The van der Waals surface area contributed by atoms with E-state index in [0.717, 1.165) is 36.3 Å². The summed E-state index contributed by atoms with van der Waals surface area (Å²) in [5, 5.41) is 29.3. The number of alkyl halides is 9. The SMILES string of the molecule is C[C@H]1CC[C@H](N)CN1c1ccncc1Nc1ncc2ccc(-c3ncccc3F)nn12.O=C(O)C(F)(F)F.O=C(O)C(F)(F)F.O=C(O)C(F)(F)F. The minimum Gasteiger partial charge on any atom is -0.475 e. The molecule has 0 amide bonds. The Morgan fingerprint density at radius 2 is 1.38 bits per heavy atom. The Morgan fingerprint density at radius 3 is 1.90 bits per heavy atom. The molecule has 1 aliphatic rings. The molecule has 2 atom stereocenters. The summed E-state index contributed by atoms with van der Waals surface area (Å²) in [5.41, 5.74) is 9.46. The van der Waals surface area contributed by atoms with Gasteiger partial charge in [0, 0.05) is 31.0 Å². The Bertz CT molecular complexity index is 1780. The molecule has 1 fully saturated rings. The fourth-order valence-electron chi connectivity index (χ4n) is 3.99. The maximum Gasteiger partial charge on any atom is 0.490 e. The number of fused-ring (bicyclic) bond motifs is 1. The number of aromatic nitrogens is 5. The second-order valence-electron chi connectivity index (χ2n) is 10.2. The topological polar surface area (TPSA) is 209 Å². The minimum absolute atomic E-state index is 0.141. The molecule has 5 rings (SSSR count). The lowest BCUT2D eigenvalue weighted by Crippen LogP contribution is -2.47. The number of pyridine rings is 2. The number of halogens is 10. The molecule has 0 spiro atoms. The first-order valence-corrected chi connectivity index (χ1v) is 14.0. The van der Waals surface area contributed by atoms with Crippen LogP contribution < -0.4 is 16.0 Å². The van der Waals surface area contributed by atoms with Crippen LogP contribution in [-0.4, -0.2) is 95.0 Å². The van der Waals surface area contributed by atoms with Gasteiger partial charge in [0.2, 0.25) is 5.95 Å². The number of nitrogens with one attached hydrogen (secondary N) is 1. The monoisotopic (exact) mass is 760 g/mol. The van der Waals surface area contributed by atoms with Crippen LogP contribution in [0.3, 0.4) is 0 Å². The van der Waals surface area contributed by atoms with Gasteiger partial charge < -0.3 is 31.3 Å². The summed E-state index contributed by atoms with van der Waals surface area (Å²) in [5.74, 6) is -8.18. The van der Waals surface area contributed by atoms with E-state index < -0.39 is 42.3 Å². The largest absolute Gasteiger partial charge is 0.490 e. The standard InChI is InChI=1S/C22H23FN8.3C2HF3O2/c1-14-4-5-15(24)13-30(14)20-8-10-25-12-19(20)28-22-27-11-16-6-7-18(29-31(16)22)21-17(23)3-2-9-26-21;3*3-2(4,5)1(6)7/h2-3,6-12,14-15H,4-5,13,24H2,1H3,(H,27,28);3*(H,6,7)/t14-,15-;;;/m0.../s1. The third kappa shape index (κ3) is 12.5. The molecule has 4 aromatic heterocycles. The van der Waals surface area contributed by atoms with Crippen LogP contribution in [0.5, 0.6) is 0 Å². The first-order chi connectivity index (χ1) is 23.9. The van der Waals surface area contributed by atoms with Crippen LogP contribution >= 0.6 is 0 Å². The number of anilines is 3. The predicted octanol–water partition coefficient (Wildman–Crippen LogP) is 5.28. The number of carboxylic acid groups (broad SMARTS) is 3. The number of nitrogens with zero attached hydrogens (tertiary/aromatic N) is 6. The zero-order valence-corrected chi connectivity index (χ0v) is 26.1. The van der Waals surface area contributed by atoms with E-state index in [4.69, 9.17) is 35.4 Å².